The third-order valence-corrected chi connectivity index (χ3v) is 3.78. The molecule has 1 N–H and O–H groups in total. The molecule has 0 radical (unpaired) electrons. The van der Waals surface area contributed by atoms with Crippen LogP contribution in [-0.2, 0) is 13.0 Å². The highest BCUT2D eigenvalue weighted by molar-refractivity contribution is 5.66. The van der Waals surface area contributed by atoms with Gasteiger partial charge in [0.25, 0.3) is 0 Å². The molecule has 0 aromatic carbocycles. The predicted molar refractivity (Wildman–Crippen MR) is 82.8 cm³/mol. The molecule has 3 nitrogen and oxygen atoms in total. The van der Waals surface area contributed by atoms with Crippen molar-refractivity contribution >= 4 is 11.6 Å². The first-order valence-corrected chi connectivity index (χ1v) is 7.38. The van der Waals surface area contributed by atoms with Gasteiger partial charge in [0.2, 0.25) is 0 Å². The number of rotatable bonds is 3. The molecule has 0 spiro atoms. The van der Waals surface area contributed by atoms with E-state index in [4.69, 9.17) is 4.42 Å². The molecule has 20 heavy (non-hydrogen) atoms. The highest BCUT2D eigenvalue weighted by Crippen LogP contribution is 2.23. The van der Waals surface area contributed by atoms with Gasteiger partial charge in [0.15, 0.2) is 0 Å². The van der Waals surface area contributed by atoms with Crippen LogP contribution in [0.2, 0.25) is 0 Å². The third kappa shape index (κ3) is 2.73. The van der Waals surface area contributed by atoms with E-state index in [2.05, 4.69) is 54.2 Å². The Kier molecular flexibility index (Phi) is 3.79. The molecule has 2 aliphatic rings. The fourth-order valence-corrected chi connectivity index (χ4v) is 2.59. The number of aryl methyl sites for hydroxylation is 1. The minimum atomic E-state index is 0.494. The van der Waals surface area contributed by atoms with Crippen LogP contribution < -0.4 is 5.32 Å². The van der Waals surface area contributed by atoms with Crippen LogP contribution in [0.4, 0.5) is 0 Å². The van der Waals surface area contributed by atoms with Gasteiger partial charge >= 0.3 is 0 Å². The zero-order valence-electron chi connectivity index (χ0n) is 12.2. The maximum atomic E-state index is 5.94. The van der Waals surface area contributed by atoms with Crippen molar-refractivity contribution in [1.82, 2.24) is 9.88 Å². The van der Waals surface area contributed by atoms with Gasteiger partial charge in [-0.05, 0) is 18.1 Å². The summed E-state index contributed by atoms with van der Waals surface area (Å²) in [7, 11) is 0. The Morgan fingerprint density at radius 2 is 2.30 bits per heavy atom. The quantitative estimate of drug-likeness (QED) is 0.910. The van der Waals surface area contributed by atoms with Crippen molar-refractivity contribution in [2.24, 2.45) is 0 Å². The number of nitrogens with one attached hydrogen (secondary N) is 1. The third-order valence-electron chi connectivity index (χ3n) is 3.78. The normalized spacial score (nSPS) is 15.8. The van der Waals surface area contributed by atoms with E-state index in [-0.39, 0.29) is 0 Å². The molecule has 0 saturated heterocycles. The van der Waals surface area contributed by atoms with Crippen molar-refractivity contribution in [3.05, 3.63) is 47.7 Å². The second kappa shape index (κ2) is 5.71. The number of allylic oxidation sites excluding steroid dienone is 2. The molecule has 1 aromatic heterocycles. The Morgan fingerprint density at radius 3 is 3.15 bits per heavy atom. The summed E-state index contributed by atoms with van der Waals surface area (Å²) in [5, 5.41) is 3.47. The van der Waals surface area contributed by atoms with E-state index in [0.717, 1.165) is 31.7 Å². The number of aromatic nitrogens is 1. The second-order valence-corrected chi connectivity index (χ2v) is 5.67. The highest BCUT2D eigenvalue weighted by atomic mass is 16.3. The van der Waals surface area contributed by atoms with Gasteiger partial charge in [0, 0.05) is 37.3 Å². The lowest BCUT2D eigenvalue weighted by molar-refractivity contribution is 0.486. The summed E-state index contributed by atoms with van der Waals surface area (Å²) in [5.41, 5.74) is 3.69. The highest BCUT2D eigenvalue weighted by Gasteiger charge is 2.13. The summed E-state index contributed by atoms with van der Waals surface area (Å²) in [4.78, 5) is 0. The Balaban J connectivity index is 1.93. The Bertz CT molecular complexity index is 601. The van der Waals surface area contributed by atoms with Crippen LogP contribution in [0.1, 0.15) is 37.3 Å². The fourth-order valence-electron chi connectivity index (χ4n) is 2.59. The van der Waals surface area contributed by atoms with E-state index < -0.39 is 0 Å². The monoisotopic (exact) mass is 270 g/mol. The SMILES string of the molecule is CC(C)NCC1=CCn2ccc3c(occ21)CCC=C3. The van der Waals surface area contributed by atoms with Gasteiger partial charge in [-0.2, -0.15) is 0 Å². The van der Waals surface area contributed by atoms with Crippen LogP contribution in [0.15, 0.2) is 35.1 Å². The molecular weight excluding hydrogens is 248 g/mol. The Morgan fingerprint density at radius 1 is 1.40 bits per heavy atom. The first-order valence-electron chi connectivity index (χ1n) is 7.38. The zero-order valence-corrected chi connectivity index (χ0v) is 12.2. The Labute approximate surface area is 120 Å². The van der Waals surface area contributed by atoms with Crippen molar-refractivity contribution in [3.8, 4) is 0 Å². The molecule has 0 unspecified atom stereocenters. The second-order valence-electron chi connectivity index (χ2n) is 5.67. The topological polar surface area (TPSA) is 30.1 Å². The van der Waals surface area contributed by atoms with E-state index in [9.17, 15) is 0 Å². The summed E-state index contributed by atoms with van der Waals surface area (Å²) in [6.45, 7) is 6.15. The maximum absolute atomic E-state index is 5.94. The summed E-state index contributed by atoms with van der Waals surface area (Å²) in [5.74, 6) is 1.08. The van der Waals surface area contributed by atoms with E-state index in [1.54, 1.807) is 0 Å². The van der Waals surface area contributed by atoms with Crippen LogP contribution in [0.25, 0.3) is 11.6 Å². The average molecular weight is 270 g/mol. The lowest BCUT2D eigenvalue weighted by Crippen LogP contribution is -2.24. The molecule has 1 aliphatic heterocycles. The summed E-state index contributed by atoms with van der Waals surface area (Å²) in [6.07, 6.45) is 12.8. The van der Waals surface area contributed by atoms with Gasteiger partial charge < -0.3 is 14.3 Å². The van der Waals surface area contributed by atoms with Crippen molar-refractivity contribution in [2.75, 3.05) is 6.54 Å². The molecule has 0 atom stereocenters. The van der Waals surface area contributed by atoms with Gasteiger partial charge in [0.05, 0.1) is 5.69 Å². The molecule has 1 aromatic rings. The lowest BCUT2D eigenvalue weighted by atomic mass is 10.1. The van der Waals surface area contributed by atoms with Crippen LogP contribution in [0.3, 0.4) is 0 Å². The zero-order chi connectivity index (χ0) is 13.9. The van der Waals surface area contributed by atoms with Crippen LogP contribution in [-0.4, -0.2) is 17.2 Å². The van der Waals surface area contributed by atoms with Crippen molar-refractivity contribution in [1.29, 1.82) is 0 Å². The molecule has 3 rings (SSSR count). The molecule has 0 bridgehead atoms. The molecule has 106 valence electrons. The van der Waals surface area contributed by atoms with Gasteiger partial charge in [-0.15, -0.1) is 0 Å². The number of hydrogen-bond donors (Lipinski definition) is 1. The predicted octanol–water partition coefficient (Wildman–Crippen LogP) is 3.56. The number of nitrogens with zero attached hydrogens (tertiary/aromatic N) is 1. The summed E-state index contributed by atoms with van der Waals surface area (Å²) >= 11 is 0. The van der Waals surface area contributed by atoms with Gasteiger partial charge in [-0.1, -0.05) is 32.1 Å². The van der Waals surface area contributed by atoms with Crippen molar-refractivity contribution < 1.29 is 4.42 Å². The molecule has 1 aliphatic carbocycles. The minimum absolute atomic E-state index is 0.494. The van der Waals surface area contributed by atoms with Crippen LogP contribution in [0, 0.1) is 0 Å². The lowest BCUT2D eigenvalue weighted by Gasteiger charge is -2.11. The molecule has 0 fully saturated rings. The standard InChI is InChI=1S/C17H22N2O/c1-13(2)18-11-15-8-10-19-9-7-14-5-3-4-6-17(14)20-12-16(15)19/h3,5,7-9,12-13,18H,4,6,10-11H2,1-2H3. The molecule has 2 heterocycles. The summed E-state index contributed by atoms with van der Waals surface area (Å²) in [6, 6.07) is 2.65. The van der Waals surface area contributed by atoms with E-state index >= 15 is 0 Å². The first kappa shape index (κ1) is 13.3. The molecular formula is C17H22N2O. The first-order chi connectivity index (χ1) is 9.74. The fraction of sp³-hybridized carbons (Fsp3) is 0.412. The van der Waals surface area contributed by atoms with Crippen LogP contribution in [0.5, 0.6) is 0 Å². The number of hydrogen-bond acceptors (Lipinski definition) is 2. The van der Waals surface area contributed by atoms with Gasteiger partial charge in [0.1, 0.15) is 12.0 Å². The van der Waals surface area contributed by atoms with Gasteiger partial charge in [-0.3, -0.25) is 0 Å². The average Bonchev–Trinajstić information content (AvgIpc) is 2.80. The largest absolute Gasteiger partial charge is 0.467 e. The van der Waals surface area contributed by atoms with Crippen molar-refractivity contribution in [3.63, 3.8) is 0 Å². The minimum Gasteiger partial charge on any atom is -0.467 e. The summed E-state index contributed by atoms with van der Waals surface area (Å²) < 4.78 is 8.18. The van der Waals surface area contributed by atoms with Crippen LogP contribution >= 0.6 is 0 Å². The van der Waals surface area contributed by atoms with E-state index in [1.165, 1.54) is 16.8 Å². The van der Waals surface area contributed by atoms with E-state index in [1.807, 2.05) is 6.26 Å². The molecule has 0 saturated carbocycles. The molecule has 3 heteroatoms. The molecule has 0 amide bonds. The van der Waals surface area contributed by atoms with E-state index in [0.29, 0.717) is 6.04 Å². The van der Waals surface area contributed by atoms with Crippen molar-refractivity contribution in [2.45, 2.75) is 39.3 Å². The number of fused-ring (bicyclic) bond motifs is 2. The smallest absolute Gasteiger partial charge is 0.115 e. The maximum Gasteiger partial charge on any atom is 0.115 e. The van der Waals surface area contributed by atoms with Gasteiger partial charge in [-0.25, -0.2) is 0 Å². The Hall–Kier alpha value is -1.74.